The van der Waals surface area contributed by atoms with Crippen molar-refractivity contribution in [2.24, 2.45) is 0 Å². The lowest BCUT2D eigenvalue weighted by molar-refractivity contribution is 0.0936. The zero-order valence-electron chi connectivity index (χ0n) is 13.2. The Kier molecular flexibility index (Phi) is 4.52. The van der Waals surface area contributed by atoms with Crippen molar-refractivity contribution in [2.75, 3.05) is 0 Å². The summed E-state index contributed by atoms with van der Waals surface area (Å²) in [7, 11) is 0. The second-order valence-electron chi connectivity index (χ2n) is 5.45. The third-order valence-corrected chi connectivity index (χ3v) is 3.77. The summed E-state index contributed by atoms with van der Waals surface area (Å²) in [6.07, 6.45) is 1.70. The molecule has 0 saturated carbocycles. The number of carbonyl (C=O) groups excluding carboxylic acids is 2. The number of Topliss-reactive ketones (excluding diaryl/α,β-unsaturated/α-hetero) is 1. The van der Waals surface area contributed by atoms with Gasteiger partial charge in [0.2, 0.25) is 0 Å². The third-order valence-electron chi connectivity index (χ3n) is 3.77. The van der Waals surface area contributed by atoms with Gasteiger partial charge in [-0.2, -0.15) is 5.10 Å². The Bertz CT molecular complexity index is 853. The van der Waals surface area contributed by atoms with E-state index in [2.05, 4.69) is 15.5 Å². The van der Waals surface area contributed by atoms with E-state index in [1.165, 1.54) is 6.92 Å². The molecule has 0 spiro atoms. The van der Waals surface area contributed by atoms with E-state index in [9.17, 15) is 9.59 Å². The van der Waals surface area contributed by atoms with E-state index in [4.69, 9.17) is 0 Å². The lowest BCUT2D eigenvalue weighted by atomic mass is 10.0. The highest BCUT2D eigenvalue weighted by molar-refractivity contribution is 6.07. The first kappa shape index (κ1) is 15.7. The minimum absolute atomic E-state index is 0.121. The van der Waals surface area contributed by atoms with Crippen molar-refractivity contribution in [2.45, 2.75) is 13.5 Å². The van der Waals surface area contributed by atoms with Gasteiger partial charge in [-0.1, -0.05) is 42.5 Å². The number of benzene rings is 2. The summed E-state index contributed by atoms with van der Waals surface area (Å²) >= 11 is 0. The van der Waals surface area contributed by atoms with Crippen LogP contribution in [0.5, 0.6) is 0 Å². The number of nitrogens with one attached hydrogen (secondary N) is 2. The summed E-state index contributed by atoms with van der Waals surface area (Å²) in [5.74, 6) is -0.372. The molecule has 0 aliphatic heterocycles. The van der Waals surface area contributed by atoms with Crippen molar-refractivity contribution in [1.29, 1.82) is 0 Å². The zero-order valence-corrected chi connectivity index (χ0v) is 13.2. The Morgan fingerprint density at radius 1 is 1.00 bits per heavy atom. The van der Waals surface area contributed by atoms with Gasteiger partial charge in [-0.15, -0.1) is 0 Å². The molecule has 3 aromatic rings. The van der Waals surface area contributed by atoms with Crippen LogP contribution >= 0.6 is 0 Å². The van der Waals surface area contributed by atoms with E-state index in [-0.39, 0.29) is 11.7 Å². The predicted molar refractivity (Wildman–Crippen MR) is 91.6 cm³/mol. The molecule has 1 amide bonds. The number of aromatic nitrogens is 2. The minimum atomic E-state index is -0.251. The number of hydrogen-bond donors (Lipinski definition) is 2. The first-order valence-corrected chi connectivity index (χ1v) is 7.62. The molecule has 2 aromatic carbocycles. The van der Waals surface area contributed by atoms with Crippen molar-refractivity contribution in [1.82, 2.24) is 15.5 Å². The smallest absolute Gasteiger partial charge is 0.252 e. The van der Waals surface area contributed by atoms with Crippen LogP contribution in [0.1, 0.15) is 33.2 Å². The molecular formula is C19H17N3O2. The second-order valence-corrected chi connectivity index (χ2v) is 5.45. The normalized spacial score (nSPS) is 10.4. The van der Waals surface area contributed by atoms with E-state index in [1.54, 1.807) is 30.5 Å². The van der Waals surface area contributed by atoms with E-state index >= 15 is 0 Å². The van der Waals surface area contributed by atoms with Crippen molar-refractivity contribution in [3.8, 4) is 11.3 Å². The number of nitrogens with zero attached hydrogens (tertiary/aromatic N) is 1. The fraction of sp³-hybridized carbons (Fsp3) is 0.105. The molecule has 120 valence electrons. The molecule has 5 nitrogen and oxygen atoms in total. The van der Waals surface area contributed by atoms with Gasteiger partial charge in [-0.3, -0.25) is 14.7 Å². The van der Waals surface area contributed by atoms with Crippen molar-refractivity contribution >= 4 is 11.7 Å². The van der Waals surface area contributed by atoms with Crippen molar-refractivity contribution < 1.29 is 9.59 Å². The van der Waals surface area contributed by atoms with E-state index < -0.39 is 0 Å². The van der Waals surface area contributed by atoms with Crippen LogP contribution in [0, 0.1) is 0 Å². The van der Waals surface area contributed by atoms with E-state index in [0.29, 0.717) is 17.7 Å². The third kappa shape index (κ3) is 3.41. The maximum absolute atomic E-state index is 12.3. The Morgan fingerprint density at radius 3 is 2.33 bits per heavy atom. The highest BCUT2D eigenvalue weighted by atomic mass is 16.2. The van der Waals surface area contributed by atoms with Crippen molar-refractivity contribution in [3.63, 3.8) is 0 Å². The molecule has 0 radical (unpaired) electrons. The number of carbonyl (C=O) groups is 2. The molecule has 0 fully saturated rings. The van der Waals surface area contributed by atoms with Gasteiger partial charge in [0.1, 0.15) is 0 Å². The molecule has 0 bridgehead atoms. The van der Waals surface area contributed by atoms with Crippen LogP contribution < -0.4 is 5.32 Å². The van der Waals surface area contributed by atoms with E-state index in [0.717, 1.165) is 16.8 Å². The van der Waals surface area contributed by atoms with Gasteiger partial charge < -0.3 is 5.32 Å². The van der Waals surface area contributed by atoms with Gasteiger partial charge >= 0.3 is 0 Å². The average molecular weight is 319 g/mol. The van der Waals surface area contributed by atoms with Crippen LogP contribution in [0.25, 0.3) is 11.3 Å². The summed E-state index contributed by atoms with van der Waals surface area (Å²) in [5, 5.41) is 9.69. The Labute approximate surface area is 139 Å². The molecule has 0 unspecified atom stereocenters. The Morgan fingerprint density at radius 2 is 1.71 bits per heavy atom. The Hall–Kier alpha value is -3.21. The van der Waals surface area contributed by atoms with E-state index in [1.807, 2.05) is 30.3 Å². The number of ketones is 1. The van der Waals surface area contributed by atoms with Gasteiger partial charge in [0.05, 0.1) is 11.3 Å². The van der Waals surface area contributed by atoms with Gasteiger partial charge in [0, 0.05) is 18.3 Å². The lowest BCUT2D eigenvalue weighted by Gasteiger charge is -2.09. The van der Waals surface area contributed by atoms with Crippen LogP contribution in [0.15, 0.2) is 60.8 Å². The molecule has 0 atom stereocenters. The lowest BCUT2D eigenvalue weighted by Crippen LogP contribution is -2.24. The topological polar surface area (TPSA) is 74.8 Å². The molecule has 3 rings (SSSR count). The van der Waals surface area contributed by atoms with Gasteiger partial charge in [-0.05, 0) is 30.2 Å². The van der Waals surface area contributed by atoms with Crippen LogP contribution in [0.3, 0.4) is 0 Å². The van der Waals surface area contributed by atoms with Gasteiger partial charge in [0.15, 0.2) is 5.78 Å². The fourth-order valence-electron chi connectivity index (χ4n) is 2.48. The highest BCUT2D eigenvalue weighted by Gasteiger charge is 2.13. The van der Waals surface area contributed by atoms with Crippen molar-refractivity contribution in [3.05, 3.63) is 77.5 Å². The minimum Gasteiger partial charge on any atom is -0.348 e. The molecule has 0 aliphatic rings. The molecule has 1 aromatic heterocycles. The summed E-state index contributed by atoms with van der Waals surface area (Å²) in [5.41, 5.74) is 3.79. The average Bonchev–Trinajstić information content (AvgIpc) is 3.14. The maximum atomic E-state index is 12.3. The van der Waals surface area contributed by atoms with Crippen LogP contribution in [0.2, 0.25) is 0 Å². The fourth-order valence-corrected chi connectivity index (χ4v) is 2.48. The first-order chi connectivity index (χ1) is 11.6. The Balaban J connectivity index is 1.68. The zero-order chi connectivity index (χ0) is 16.9. The molecular weight excluding hydrogens is 302 g/mol. The number of H-pyrrole nitrogens is 1. The van der Waals surface area contributed by atoms with Crippen LogP contribution in [0.4, 0.5) is 0 Å². The predicted octanol–water partition coefficient (Wildman–Crippen LogP) is 3.21. The molecule has 0 saturated heterocycles. The second kappa shape index (κ2) is 6.91. The van der Waals surface area contributed by atoms with Crippen LogP contribution in [-0.2, 0) is 6.54 Å². The largest absolute Gasteiger partial charge is 0.348 e. The SMILES string of the molecule is CC(=O)c1ccccc1C(=O)NCc1ccc(-c2ccn[nH]2)cc1. The summed E-state index contributed by atoms with van der Waals surface area (Å²) < 4.78 is 0. The number of rotatable bonds is 5. The van der Waals surface area contributed by atoms with Gasteiger partial charge in [-0.25, -0.2) is 0 Å². The summed E-state index contributed by atoms with van der Waals surface area (Å²) in [6.45, 7) is 1.86. The standard InChI is InChI=1S/C19H17N3O2/c1-13(23)16-4-2-3-5-17(16)19(24)20-12-14-6-8-15(9-7-14)18-10-11-21-22-18/h2-11H,12H2,1H3,(H,20,24)(H,21,22). The monoisotopic (exact) mass is 319 g/mol. The molecule has 0 aliphatic carbocycles. The number of aromatic amines is 1. The van der Waals surface area contributed by atoms with Crippen LogP contribution in [-0.4, -0.2) is 21.9 Å². The molecule has 1 heterocycles. The highest BCUT2D eigenvalue weighted by Crippen LogP contribution is 2.16. The summed E-state index contributed by atoms with van der Waals surface area (Å²) in [4.78, 5) is 23.9. The quantitative estimate of drug-likeness (QED) is 0.709. The molecule has 24 heavy (non-hydrogen) atoms. The first-order valence-electron chi connectivity index (χ1n) is 7.62. The molecule has 5 heteroatoms. The number of amides is 1. The van der Waals surface area contributed by atoms with Gasteiger partial charge in [0.25, 0.3) is 5.91 Å². The maximum Gasteiger partial charge on any atom is 0.252 e. The molecule has 2 N–H and O–H groups in total. The number of hydrogen-bond acceptors (Lipinski definition) is 3. The summed E-state index contributed by atoms with van der Waals surface area (Å²) in [6, 6.07) is 16.6.